The van der Waals surface area contributed by atoms with Gasteiger partial charge in [-0.05, 0) is 49.8 Å². The second-order valence-corrected chi connectivity index (χ2v) is 7.91. The summed E-state index contributed by atoms with van der Waals surface area (Å²) in [5.74, 6) is -0.255. The number of aromatic nitrogens is 2. The third-order valence-electron chi connectivity index (χ3n) is 4.70. The molecule has 8 heteroatoms. The summed E-state index contributed by atoms with van der Waals surface area (Å²) in [7, 11) is 0. The van der Waals surface area contributed by atoms with E-state index in [0.717, 1.165) is 0 Å². The van der Waals surface area contributed by atoms with E-state index in [-0.39, 0.29) is 11.4 Å². The molecule has 32 heavy (non-hydrogen) atoms. The van der Waals surface area contributed by atoms with Crippen LogP contribution in [0.5, 0.6) is 0 Å². The second kappa shape index (κ2) is 9.80. The van der Waals surface area contributed by atoms with Crippen molar-refractivity contribution in [3.05, 3.63) is 77.9 Å². The molecule has 5 N–H and O–H groups in total. The van der Waals surface area contributed by atoms with Crippen molar-refractivity contribution in [1.29, 1.82) is 0 Å². The van der Waals surface area contributed by atoms with Gasteiger partial charge in [-0.1, -0.05) is 24.8 Å². The Morgan fingerprint density at radius 3 is 2.69 bits per heavy atom. The lowest BCUT2D eigenvalue weighted by Gasteiger charge is -2.19. The zero-order valence-electron chi connectivity index (χ0n) is 17.9. The highest BCUT2D eigenvalue weighted by Crippen LogP contribution is 2.36. The molecule has 3 aromatic rings. The molecule has 3 rings (SSSR count). The molecule has 6 nitrogen and oxygen atoms in total. The molecule has 166 valence electrons. The Morgan fingerprint density at radius 1 is 1.25 bits per heavy atom. The third-order valence-corrected chi connectivity index (χ3v) is 4.94. The maximum Gasteiger partial charge on any atom is 0.133 e. The Kier molecular flexibility index (Phi) is 7.12. The van der Waals surface area contributed by atoms with Crippen LogP contribution in [0.25, 0.3) is 22.5 Å². The van der Waals surface area contributed by atoms with Gasteiger partial charge in [-0.2, -0.15) is 0 Å². The van der Waals surface area contributed by atoms with Crippen LogP contribution in [0.1, 0.15) is 25.0 Å². The Bertz CT molecular complexity index is 1180. The van der Waals surface area contributed by atoms with E-state index in [9.17, 15) is 9.50 Å². The van der Waals surface area contributed by atoms with E-state index in [1.807, 2.05) is 6.92 Å². The number of rotatable bonds is 8. The zero-order chi connectivity index (χ0) is 23.4. The number of aliphatic hydroxyl groups excluding tert-OH is 1. The van der Waals surface area contributed by atoms with Crippen molar-refractivity contribution < 1.29 is 9.50 Å². The SMILES string of the molecule is C=C(NC[C@H](C)O)c1cnccc1Nc1cc(-c2cc(Cl)ccc2F)nc(N)c1C(=C)C. The van der Waals surface area contributed by atoms with Crippen molar-refractivity contribution in [2.45, 2.75) is 20.0 Å². The summed E-state index contributed by atoms with van der Waals surface area (Å²) in [6.45, 7) is 11.9. The Labute approximate surface area is 191 Å². The first-order valence-corrected chi connectivity index (χ1v) is 10.3. The average molecular weight is 454 g/mol. The maximum absolute atomic E-state index is 14.5. The highest BCUT2D eigenvalue weighted by atomic mass is 35.5. The normalized spacial score (nSPS) is 11.7. The number of aliphatic hydroxyl groups is 1. The van der Waals surface area contributed by atoms with Crippen molar-refractivity contribution in [2.24, 2.45) is 0 Å². The van der Waals surface area contributed by atoms with Crippen LogP contribution in [-0.2, 0) is 0 Å². The molecule has 0 bridgehead atoms. The minimum absolute atomic E-state index is 0.207. The Balaban J connectivity index is 2.08. The van der Waals surface area contributed by atoms with Gasteiger partial charge in [-0.3, -0.25) is 4.98 Å². The van der Waals surface area contributed by atoms with Gasteiger partial charge in [-0.25, -0.2) is 9.37 Å². The lowest BCUT2D eigenvalue weighted by molar-refractivity contribution is 0.197. The minimum Gasteiger partial charge on any atom is -0.392 e. The highest BCUT2D eigenvalue weighted by Gasteiger charge is 2.17. The monoisotopic (exact) mass is 453 g/mol. The molecule has 0 aliphatic carbocycles. The molecule has 2 heterocycles. The molecular formula is C24H25ClFN5O. The number of nitrogens with two attached hydrogens (primary N) is 1. The lowest BCUT2D eigenvalue weighted by Crippen LogP contribution is -2.23. The molecule has 0 spiro atoms. The van der Waals surface area contributed by atoms with Crippen molar-refractivity contribution in [1.82, 2.24) is 15.3 Å². The van der Waals surface area contributed by atoms with Crippen molar-refractivity contribution in [2.75, 3.05) is 17.6 Å². The van der Waals surface area contributed by atoms with Gasteiger partial charge in [-0.15, -0.1) is 0 Å². The maximum atomic E-state index is 14.5. The predicted molar refractivity (Wildman–Crippen MR) is 130 cm³/mol. The van der Waals surface area contributed by atoms with Crippen LogP contribution in [0, 0.1) is 5.82 Å². The van der Waals surface area contributed by atoms with Crippen LogP contribution in [0.15, 0.2) is 55.9 Å². The molecule has 0 aliphatic rings. The van der Waals surface area contributed by atoms with E-state index in [0.29, 0.717) is 51.0 Å². The number of allylic oxidation sites excluding steroid dienone is 1. The number of anilines is 3. The van der Waals surface area contributed by atoms with Gasteiger partial charge in [0.1, 0.15) is 11.6 Å². The molecule has 0 amide bonds. The first kappa shape index (κ1) is 23.2. The number of hydrogen-bond donors (Lipinski definition) is 4. The van der Waals surface area contributed by atoms with Gasteiger partial charge >= 0.3 is 0 Å². The predicted octanol–water partition coefficient (Wildman–Crippen LogP) is 5.24. The van der Waals surface area contributed by atoms with Gasteiger partial charge in [0.25, 0.3) is 0 Å². The Hall–Kier alpha value is -3.42. The largest absolute Gasteiger partial charge is 0.392 e. The van der Waals surface area contributed by atoms with Gasteiger partial charge in [0, 0.05) is 46.3 Å². The number of hydrogen-bond acceptors (Lipinski definition) is 6. The molecule has 0 saturated carbocycles. The van der Waals surface area contributed by atoms with Gasteiger partial charge in [0.05, 0.1) is 23.2 Å². The molecule has 1 aromatic carbocycles. The van der Waals surface area contributed by atoms with E-state index in [1.165, 1.54) is 18.2 Å². The fraction of sp³-hybridized carbons (Fsp3) is 0.167. The van der Waals surface area contributed by atoms with Crippen molar-refractivity contribution in [3.8, 4) is 11.3 Å². The standard InChI is InChI=1S/C24H25ClFN5O/c1-13(2)23-22(10-21(31-24(23)27)17-9-16(25)5-6-19(17)26)30-20-7-8-28-12-18(20)15(4)29-11-14(3)32/h5-10,12,14,29,32H,1,4,11H2,2-3H3,(H3,27,28,30,31)/t14-/m0/s1. The number of nitrogen functional groups attached to an aromatic ring is 1. The molecule has 0 radical (unpaired) electrons. The zero-order valence-corrected chi connectivity index (χ0v) is 18.7. The topological polar surface area (TPSA) is 96.1 Å². The molecular weight excluding hydrogens is 429 g/mol. The van der Waals surface area contributed by atoms with E-state index >= 15 is 0 Å². The fourth-order valence-corrected chi connectivity index (χ4v) is 3.37. The fourth-order valence-electron chi connectivity index (χ4n) is 3.20. The lowest BCUT2D eigenvalue weighted by atomic mass is 10.0. The van der Waals surface area contributed by atoms with E-state index in [4.69, 9.17) is 17.3 Å². The first-order chi connectivity index (χ1) is 15.2. The quantitative estimate of drug-likeness (QED) is 0.372. The third kappa shape index (κ3) is 5.25. The smallest absolute Gasteiger partial charge is 0.133 e. The summed E-state index contributed by atoms with van der Waals surface area (Å²) in [6.07, 6.45) is 2.75. The first-order valence-electron chi connectivity index (χ1n) is 9.91. The van der Waals surface area contributed by atoms with E-state index in [1.54, 1.807) is 31.5 Å². The molecule has 1 atom stereocenters. The molecule has 2 aromatic heterocycles. The van der Waals surface area contributed by atoms with Crippen molar-refractivity contribution in [3.63, 3.8) is 0 Å². The van der Waals surface area contributed by atoms with Crippen molar-refractivity contribution >= 4 is 40.1 Å². The van der Waals surface area contributed by atoms with Crippen LogP contribution in [0.4, 0.5) is 21.6 Å². The Morgan fingerprint density at radius 2 is 2.00 bits per heavy atom. The van der Waals surface area contributed by atoms with Gasteiger partial charge in [0.2, 0.25) is 0 Å². The number of pyridine rings is 2. The second-order valence-electron chi connectivity index (χ2n) is 7.47. The van der Waals surface area contributed by atoms with Crippen LogP contribution in [-0.4, -0.2) is 27.7 Å². The van der Waals surface area contributed by atoms with Crippen LogP contribution < -0.4 is 16.4 Å². The van der Waals surface area contributed by atoms with E-state index < -0.39 is 11.9 Å². The number of nitrogens with one attached hydrogen (secondary N) is 2. The molecule has 0 aliphatic heterocycles. The summed E-state index contributed by atoms with van der Waals surface area (Å²) >= 11 is 6.07. The van der Waals surface area contributed by atoms with Crippen LogP contribution in [0.3, 0.4) is 0 Å². The summed E-state index contributed by atoms with van der Waals surface area (Å²) in [4.78, 5) is 8.56. The van der Waals surface area contributed by atoms with E-state index in [2.05, 4.69) is 33.8 Å². The average Bonchev–Trinajstić information content (AvgIpc) is 2.73. The van der Waals surface area contributed by atoms with Crippen LogP contribution in [0.2, 0.25) is 5.02 Å². The summed E-state index contributed by atoms with van der Waals surface area (Å²) < 4.78 is 14.5. The highest BCUT2D eigenvalue weighted by molar-refractivity contribution is 6.30. The summed E-state index contributed by atoms with van der Waals surface area (Å²) in [6, 6.07) is 7.74. The molecule has 0 unspecified atom stereocenters. The number of benzene rings is 1. The van der Waals surface area contributed by atoms with Gasteiger partial charge < -0.3 is 21.5 Å². The molecule has 0 saturated heterocycles. The summed E-state index contributed by atoms with van der Waals surface area (Å²) in [5, 5.41) is 16.4. The molecule has 0 fully saturated rings. The van der Waals surface area contributed by atoms with Gasteiger partial charge in [0.15, 0.2) is 0 Å². The number of halogens is 2. The minimum atomic E-state index is -0.537. The van der Waals surface area contributed by atoms with Crippen LogP contribution >= 0.6 is 11.6 Å². The number of nitrogens with zero attached hydrogens (tertiary/aromatic N) is 2. The summed E-state index contributed by atoms with van der Waals surface area (Å²) in [5.41, 5.74) is 10.7.